The van der Waals surface area contributed by atoms with Crippen LogP contribution in [0.3, 0.4) is 0 Å². The summed E-state index contributed by atoms with van der Waals surface area (Å²) in [6, 6.07) is 9.42. The number of rotatable bonds is 4. The highest BCUT2D eigenvalue weighted by Gasteiger charge is 2.18. The first kappa shape index (κ1) is 13.7. The molecule has 2 heterocycles. The van der Waals surface area contributed by atoms with Gasteiger partial charge in [0, 0.05) is 11.8 Å². The summed E-state index contributed by atoms with van der Waals surface area (Å²) in [5, 5.41) is 4.22. The highest BCUT2D eigenvalue weighted by atomic mass is 19.2. The molecule has 6 heteroatoms. The quantitative estimate of drug-likeness (QED) is 0.572. The molecule has 2 aromatic heterocycles. The standard InChI is InChI=1S/C15H14F2N4/c16-12-5-3-4-10(15(12)17)8-13(20-18)11-9-19-21-7-2-1-6-14(11)21/h1-7,9,13,20H,8,18H2. The summed E-state index contributed by atoms with van der Waals surface area (Å²) >= 11 is 0. The molecule has 0 radical (unpaired) electrons. The van der Waals surface area contributed by atoms with Crippen molar-refractivity contribution in [2.24, 2.45) is 5.84 Å². The number of aromatic nitrogens is 2. The summed E-state index contributed by atoms with van der Waals surface area (Å²) in [5.74, 6) is 3.89. The number of nitrogens with two attached hydrogens (primary N) is 1. The van der Waals surface area contributed by atoms with Gasteiger partial charge in [-0.3, -0.25) is 11.3 Å². The monoisotopic (exact) mass is 288 g/mol. The Morgan fingerprint density at radius 2 is 2.05 bits per heavy atom. The average Bonchev–Trinajstić information content (AvgIpc) is 2.93. The van der Waals surface area contributed by atoms with Gasteiger partial charge in [-0.15, -0.1) is 0 Å². The largest absolute Gasteiger partial charge is 0.271 e. The Morgan fingerprint density at radius 3 is 2.86 bits per heavy atom. The highest BCUT2D eigenvalue weighted by molar-refractivity contribution is 5.55. The second-order valence-electron chi connectivity index (χ2n) is 4.77. The molecule has 108 valence electrons. The molecule has 3 aromatic rings. The first-order valence-electron chi connectivity index (χ1n) is 6.52. The molecule has 1 aromatic carbocycles. The van der Waals surface area contributed by atoms with Crippen LogP contribution in [0.2, 0.25) is 0 Å². The Morgan fingerprint density at radius 1 is 1.19 bits per heavy atom. The van der Waals surface area contributed by atoms with Crippen LogP contribution in [0.25, 0.3) is 5.52 Å². The molecule has 3 rings (SSSR count). The molecule has 4 nitrogen and oxygen atoms in total. The summed E-state index contributed by atoms with van der Waals surface area (Å²) < 4.78 is 28.8. The van der Waals surface area contributed by atoms with Crippen LogP contribution in [0.1, 0.15) is 17.2 Å². The minimum absolute atomic E-state index is 0.232. The van der Waals surface area contributed by atoms with E-state index in [1.54, 1.807) is 16.8 Å². The van der Waals surface area contributed by atoms with Crippen molar-refractivity contribution in [2.75, 3.05) is 0 Å². The van der Waals surface area contributed by atoms with E-state index >= 15 is 0 Å². The molecule has 0 fully saturated rings. The molecule has 1 atom stereocenters. The van der Waals surface area contributed by atoms with Crippen LogP contribution in [0.4, 0.5) is 8.78 Å². The van der Waals surface area contributed by atoms with Gasteiger partial charge >= 0.3 is 0 Å². The number of nitrogens with one attached hydrogen (secondary N) is 1. The topological polar surface area (TPSA) is 55.3 Å². The second kappa shape index (κ2) is 5.59. The van der Waals surface area contributed by atoms with Gasteiger partial charge in [-0.25, -0.2) is 13.3 Å². The molecule has 3 N–H and O–H groups in total. The van der Waals surface area contributed by atoms with E-state index in [1.165, 1.54) is 6.07 Å². The van der Waals surface area contributed by atoms with Crippen LogP contribution in [-0.4, -0.2) is 9.61 Å². The van der Waals surface area contributed by atoms with Crippen molar-refractivity contribution in [1.29, 1.82) is 0 Å². The summed E-state index contributed by atoms with van der Waals surface area (Å²) in [6.45, 7) is 0. The van der Waals surface area contributed by atoms with Crippen LogP contribution >= 0.6 is 0 Å². The normalized spacial score (nSPS) is 12.7. The van der Waals surface area contributed by atoms with Crippen LogP contribution < -0.4 is 11.3 Å². The molecule has 0 saturated heterocycles. The van der Waals surface area contributed by atoms with Gasteiger partial charge in [0.2, 0.25) is 0 Å². The van der Waals surface area contributed by atoms with Crippen molar-refractivity contribution in [1.82, 2.24) is 15.0 Å². The van der Waals surface area contributed by atoms with E-state index in [0.29, 0.717) is 0 Å². The molecule has 21 heavy (non-hydrogen) atoms. The van der Waals surface area contributed by atoms with Crippen molar-refractivity contribution in [3.8, 4) is 0 Å². The molecular weight excluding hydrogens is 274 g/mol. The van der Waals surface area contributed by atoms with E-state index in [9.17, 15) is 8.78 Å². The molecule has 0 saturated carbocycles. The van der Waals surface area contributed by atoms with Crippen LogP contribution in [0.15, 0.2) is 48.8 Å². The van der Waals surface area contributed by atoms with Gasteiger partial charge < -0.3 is 0 Å². The first-order valence-corrected chi connectivity index (χ1v) is 6.52. The number of benzene rings is 1. The Bertz CT molecular complexity index is 769. The van der Waals surface area contributed by atoms with Gasteiger partial charge in [-0.1, -0.05) is 18.2 Å². The number of hydrogen-bond donors (Lipinski definition) is 2. The predicted octanol–water partition coefficient (Wildman–Crippen LogP) is 2.36. The molecule has 0 aliphatic heterocycles. The molecule has 0 aliphatic carbocycles. The molecule has 0 spiro atoms. The fraction of sp³-hybridized carbons (Fsp3) is 0.133. The van der Waals surface area contributed by atoms with E-state index in [-0.39, 0.29) is 18.0 Å². The van der Waals surface area contributed by atoms with E-state index in [0.717, 1.165) is 17.1 Å². The summed E-state index contributed by atoms with van der Waals surface area (Å²) in [6.07, 6.45) is 3.72. The molecule has 0 amide bonds. The average molecular weight is 288 g/mol. The van der Waals surface area contributed by atoms with E-state index in [1.807, 2.05) is 24.4 Å². The van der Waals surface area contributed by atoms with E-state index < -0.39 is 11.6 Å². The zero-order valence-corrected chi connectivity index (χ0v) is 11.1. The fourth-order valence-electron chi connectivity index (χ4n) is 2.41. The maximum absolute atomic E-state index is 13.8. The number of fused-ring (bicyclic) bond motifs is 1. The third kappa shape index (κ3) is 2.51. The summed E-state index contributed by atoms with van der Waals surface area (Å²) in [5.41, 5.74) is 4.63. The lowest BCUT2D eigenvalue weighted by atomic mass is 10.00. The van der Waals surface area contributed by atoms with Crippen molar-refractivity contribution < 1.29 is 8.78 Å². The molecule has 0 bridgehead atoms. The van der Waals surface area contributed by atoms with Crippen LogP contribution in [-0.2, 0) is 6.42 Å². The van der Waals surface area contributed by atoms with Crippen molar-refractivity contribution in [3.05, 3.63) is 71.6 Å². The zero-order chi connectivity index (χ0) is 14.8. The van der Waals surface area contributed by atoms with Crippen molar-refractivity contribution in [2.45, 2.75) is 12.5 Å². The Kier molecular flexibility index (Phi) is 3.64. The molecule has 0 aliphatic rings. The molecular formula is C15H14F2N4. The third-order valence-electron chi connectivity index (χ3n) is 3.49. The number of pyridine rings is 1. The number of hydrazine groups is 1. The fourth-order valence-corrected chi connectivity index (χ4v) is 2.41. The maximum Gasteiger partial charge on any atom is 0.162 e. The first-order chi connectivity index (χ1) is 10.2. The third-order valence-corrected chi connectivity index (χ3v) is 3.49. The lowest BCUT2D eigenvalue weighted by molar-refractivity contribution is 0.482. The van der Waals surface area contributed by atoms with Gasteiger partial charge in [-0.05, 0) is 30.2 Å². The Labute approximate surface area is 120 Å². The van der Waals surface area contributed by atoms with E-state index in [2.05, 4.69) is 10.5 Å². The zero-order valence-electron chi connectivity index (χ0n) is 11.1. The minimum Gasteiger partial charge on any atom is -0.271 e. The summed E-state index contributed by atoms with van der Waals surface area (Å²) in [7, 11) is 0. The molecule has 1 unspecified atom stereocenters. The Hall–Kier alpha value is -2.31. The summed E-state index contributed by atoms with van der Waals surface area (Å²) in [4.78, 5) is 0. The minimum atomic E-state index is -0.858. The van der Waals surface area contributed by atoms with Crippen LogP contribution in [0, 0.1) is 11.6 Å². The number of nitrogens with zero attached hydrogens (tertiary/aromatic N) is 2. The van der Waals surface area contributed by atoms with Gasteiger partial charge in [0.15, 0.2) is 11.6 Å². The smallest absolute Gasteiger partial charge is 0.162 e. The maximum atomic E-state index is 13.8. The van der Waals surface area contributed by atoms with Gasteiger partial charge in [0.1, 0.15) is 0 Å². The number of halogens is 2. The SMILES string of the molecule is NNC(Cc1cccc(F)c1F)c1cnn2ccccc12. The predicted molar refractivity (Wildman–Crippen MR) is 75.3 cm³/mol. The van der Waals surface area contributed by atoms with Crippen LogP contribution in [0.5, 0.6) is 0 Å². The van der Waals surface area contributed by atoms with Gasteiger partial charge in [0.05, 0.1) is 17.8 Å². The van der Waals surface area contributed by atoms with Gasteiger partial charge in [0.25, 0.3) is 0 Å². The Balaban J connectivity index is 1.97. The van der Waals surface area contributed by atoms with Crippen molar-refractivity contribution >= 4 is 5.52 Å². The number of hydrogen-bond acceptors (Lipinski definition) is 3. The second-order valence-corrected chi connectivity index (χ2v) is 4.77. The highest BCUT2D eigenvalue weighted by Crippen LogP contribution is 2.24. The van der Waals surface area contributed by atoms with Crippen molar-refractivity contribution in [3.63, 3.8) is 0 Å². The lowest BCUT2D eigenvalue weighted by Gasteiger charge is -2.15. The van der Waals surface area contributed by atoms with E-state index in [4.69, 9.17) is 5.84 Å². The lowest BCUT2D eigenvalue weighted by Crippen LogP contribution is -2.29. The van der Waals surface area contributed by atoms with Gasteiger partial charge in [-0.2, -0.15) is 5.10 Å².